The van der Waals surface area contributed by atoms with Crippen LogP contribution in [-0.4, -0.2) is 59.7 Å². The monoisotopic (exact) mass is 335 g/mol. The van der Waals surface area contributed by atoms with Gasteiger partial charge in [-0.1, -0.05) is 13.8 Å². The zero-order valence-corrected chi connectivity index (χ0v) is 14.9. The number of likely N-dealkylation sites (tertiary alicyclic amines) is 1. The van der Waals surface area contributed by atoms with Crippen molar-refractivity contribution in [3.05, 3.63) is 17.6 Å². The summed E-state index contributed by atoms with van der Waals surface area (Å²) < 4.78 is 5.35. The Morgan fingerprint density at radius 2 is 2.17 bits per heavy atom. The fourth-order valence-corrected chi connectivity index (χ4v) is 2.62. The third-order valence-electron chi connectivity index (χ3n) is 4.12. The minimum atomic E-state index is -0.0314. The molecule has 0 radical (unpaired) electrons. The minimum absolute atomic E-state index is 0.0314. The van der Waals surface area contributed by atoms with Crippen molar-refractivity contribution in [3.8, 4) is 0 Å². The van der Waals surface area contributed by atoms with E-state index in [2.05, 4.69) is 15.3 Å². The Bertz CT molecular complexity index is 542. The molecule has 7 nitrogen and oxygen atoms in total. The maximum atomic E-state index is 12.8. The molecule has 0 aliphatic carbocycles. The van der Waals surface area contributed by atoms with Gasteiger partial charge in [0.1, 0.15) is 17.2 Å². The molecule has 0 aromatic carbocycles. The first-order valence-corrected chi connectivity index (χ1v) is 8.76. The van der Waals surface area contributed by atoms with Crippen molar-refractivity contribution in [2.45, 2.75) is 45.6 Å². The van der Waals surface area contributed by atoms with Crippen LogP contribution in [0.3, 0.4) is 0 Å². The molecule has 3 N–H and O–H groups in total. The molecule has 1 aliphatic heterocycles. The molecule has 2 rings (SSSR count). The van der Waals surface area contributed by atoms with Crippen LogP contribution in [0.25, 0.3) is 0 Å². The van der Waals surface area contributed by atoms with Gasteiger partial charge in [0.2, 0.25) is 0 Å². The summed E-state index contributed by atoms with van der Waals surface area (Å²) in [5, 5.41) is 3.22. The lowest BCUT2D eigenvalue weighted by Gasteiger charge is -2.30. The number of hydrogen-bond acceptors (Lipinski definition) is 6. The molecular weight excluding hydrogens is 306 g/mol. The summed E-state index contributed by atoms with van der Waals surface area (Å²) in [7, 11) is 0. The van der Waals surface area contributed by atoms with Gasteiger partial charge >= 0.3 is 0 Å². The predicted octanol–water partition coefficient (Wildman–Crippen LogP) is 1.61. The number of ether oxygens (including phenoxy) is 1. The van der Waals surface area contributed by atoms with Crippen LogP contribution in [0.2, 0.25) is 0 Å². The maximum Gasteiger partial charge on any atom is 0.259 e. The Morgan fingerprint density at radius 1 is 1.46 bits per heavy atom. The number of amides is 1. The molecule has 1 aromatic rings. The van der Waals surface area contributed by atoms with Crippen molar-refractivity contribution in [3.63, 3.8) is 0 Å². The van der Waals surface area contributed by atoms with Crippen LogP contribution in [0.15, 0.2) is 6.20 Å². The molecule has 0 bridgehead atoms. The standard InChI is InChI=1S/C17H29N5O2/c1-4-24-10-7-19-16-14(11-20-15(21-16)12(2)3)17(23)22-8-5-13(18)6-9-22/h11-13H,4-10,18H2,1-3H3,(H,19,20,21). The molecule has 0 spiro atoms. The zero-order chi connectivity index (χ0) is 17.5. The van der Waals surface area contributed by atoms with Crippen LogP contribution in [0.4, 0.5) is 5.82 Å². The smallest absolute Gasteiger partial charge is 0.259 e. The fraction of sp³-hybridized carbons (Fsp3) is 0.706. The van der Waals surface area contributed by atoms with E-state index in [9.17, 15) is 4.79 Å². The Balaban J connectivity index is 2.15. The van der Waals surface area contributed by atoms with Crippen molar-refractivity contribution < 1.29 is 9.53 Å². The van der Waals surface area contributed by atoms with Crippen molar-refractivity contribution in [2.75, 3.05) is 38.2 Å². The number of anilines is 1. The second kappa shape index (κ2) is 8.94. The number of nitrogens with two attached hydrogens (primary N) is 1. The summed E-state index contributed by atoms with van der Waals surface area (Å²) >= 11 is 0. The number of nitrogens with zero attached hydrogens (tertiary/aromatic N) is 3. The highest BCUT2D eigenvalue weighted by Gasteiger charge is 2.25. The highest BCUT2D eigenvalue weighted by molar-refractivity contribution is 5.98. The van der Waals surface area contributed by atoms with Gasteiger partial charge in [0.05, 0.1) is 6.61 Å². The average Bonchev–Trinajstić information content (AvgIpc) is 2.58. The van der Waals surface area contributed by atoms with Crippen molar-refractivity contribution in [2.24, 2.45) is 5.73 Å². The number of nitrogens with one attached hydrogen (secondary N) is 1. The van der Waals surface area contributed by atoms with Crippen molar-refractivity contribution >= 4 is 11.7 Å². The summed E-state index contributed by atoms with van der Waals surface area (Å²) in [5.41, 5.74) is 6.44. The zero-order valence-electron chi connectivity index (χ0n) is 14.9. The Morgan fingerprint density at radius 3 is 2.79 bits per heavy atom. The molecule has 24 heavy (non-hydrogen) atoms. The molecule has 0 unspecified atom stereocenters. The lowest BCUT2D eigenvalue weighted by Crippen LogP contribution is -2.43. The number of carbonyl (C=O) groups excluding carboxylic acids is 1. The number of rotatable bonds is 7. The van der Waals surface area contributed by atoms with Gasteiger partial charge in [0.25, 0.3) is 5.91 Å². The van der Waals surface area contributed by atoms with Crippen LogP contribution in [0.5, 0.6) is 0 Å². The topological polar surface area (TPSA) is 93.4 Å². The molecule has 1 fully saturated rings. The van der Waals surface area contributed by atoms with E-state index in [1.807, 2.05) is 25.7 Å². The Labute approximate surface area is 144 Å². The van der Waals surface area contributed by atoms with E-state index in [0.717, 1.165) is 18.7 Å². The molecule has 1 aliphatic rings. The van der Waals surface area contributed by atoms with Crippen LogP contribution >= 0.6 is 0 Å². The largest absolute Gasteiger partial charge is 0.380 e. The number of hydrogen-bond donors (Lipinski definition) is 2. The first-order valence-electron chi connectivity index (χ1n) is 8.76. The summed E-state index contributed by atoms with van der Waals surface area (Å²) in [6.07, 6.45) is 3.32. The van der Waals surface area contributed by atoms with E-state index in [1.54, 1.807) is 6.20 Å². The van der Waals surface area contributed by atoms with E-state index < -0.39 is 0 Å². The highest BCUT2D eigenvalue weighted by Crippen LogP contribution is 2.20. The van der Waals surface area contributed by atoms with Crippen molar-refractivity contribution in [1.82, 2.24) is 14.9 Å². The first-order chi connectivity index (χ1) is 11.5. The SMILES string of the molecule is CCOCCNc1nc(C(C)C)ncc1C(=O)N1CCC(N)CC1. The summed E-state index contributed by atoms with van der Waals surface area (Å²) in [5.74, 6) is 1.49. The minimum Gasteiger partial charge on any atom is -0.380 e. The molecule has 1 saturated heterocycles. The molecule has 2 heterocycles. The van der Waals surface area contributed by atoms with Gasteiger partial charge in [-0.2, -0.15) is 0 Å². The van der Waals surface area contributed by atoms with Gasteiger partial charge in [0, 0.05) is 44.4 Å². The molecular formula is C17H29N5O2. The number of aromatic nitrogens is 2. The molecule has 134 valence electrons. The molecule has 1 aromatic heterocycles. The fourth-order valence-electron chi connectivity index (χ4n) is 2.62. The van der Waals surface area contributed by atoms with Crippen LogP contribution in [0, 0.1) is 0 Å². The molecule has 7 heteroatoms. The van der Waals surface area contributed by atoms with Gasteiger partial charge in [-0.05, 0) is 19.8 Å². The van der Waals surface area contributed by atoms with Gasteiger partial charge in [-0.15, -0.1) is 0 Å². The van der Waals surface area contributed by atoms with Gasteiger partial charge < -0.3 is 20.7 Å². The van der Waals surface area contributed by atoms with Crippen LogP contribution < -0.4 is 11.1 Å². The lowest BCUT2D eigenvalue weighted by molar-refractivity contribution is 0.0714. The van der Waals surface area contributed by atoms with E-state index >= 15 is 0 Å². The molecule has 1 amide bonds. The summed E-state index contributed by atoms with van der Waals surface area (Å²) in [6, 6.07) is 0.192. The van der Waals surface area contributed by atoms with E-state index in [-0.39, 0.29) is 17.9 Å². The number of piperidine rings is 1. The average molecular weight is 335 g/mol. The van der Waals surface area contributed by atoms with Gasteiger partial charge in [0.15, 0.2) is 0 Å². The summed E-state index contributed by atoms with van der Waals surface area (Å²) in [6.45, 7) is 9.24. The van der Waals surface area contributed by atoms with Gasteiger partial charge in [-0.25, -0.2) is 9.97 Å². The van der Waals surface area contributed by atoms with Crippen molar-refractivity contribution in [1.29, 1.82) is 0 Å². The third-order valence-corrected chi connectivity index (χ3v) is 4.12. The molecule has 0 saturated carbocycles. The Kier molecular flexibility index (Phi) is 6.93. The predicted molar refractivity (Wildman–Crippen MR) is 94.2 cm³/mol. The second-order valence-electron chi connectivity index (χ2n) is 6.40. The van der Waals surface area contributed by atoms with E-state index in [0.29, 0.717) is 44.2 Å². The van der Waals surface area contributed by atoms with Crippen LogP contribution in [0.1, 0.15) is 55.7 Å². The quantitative estimate of drug-likeness (QED) is 0.735. The normalized spacial score (nSPS) is 15.8. The van der Waals surface area contributed by atoms with E-state index in [4.69, 9.17) is 10.5 Å². The number of carbonyl (C=O) groups is 1. The van der Waals surface area contributed by atoms with E-state index in [1.165, 1.54) is 0 Å². The van der Waals surface area contributed by atoms with Gasteiger partial charge in [-0.3, -0.25) is 4.79 Å². The second-order valence-corrected chi connectivity index (χ2v) is 6.40. The third kappa shape index (κ3) is 4.88. The lowest BCUT2D eigenvalue weighted by atomic mass is 10.1. The van der Waals surface area contributed by atoms with Crippen LogP contribution in [-0.2, 0) is 4.74 Å². The maximum absolute atomic E-state index is 12.8. The Hall–Kier alpha value is -1.73. The summed E-state index contributed by atoms with van der Waals surface area (Å²) in [4.78, 5) is 23.6. The first kappa shape index (κ1) is 18.6. The molecule has 0 atom stereocenters. The highest BCUT2D eigenvalue weighted by atomic mass is 16.5.